The van der Waals surface area contributed by atoms with Crippen LogP contribution >= 0.6 is 0 Å². The van der Waals surface area contributed by atoms with E-state index < -0.39 is 38.0 Å². The number of hydrogen-bond donors (Lipinski definition) is 1. The first-order chi connectivity index (χ1) is 15.1. The first-order valence-electron chi connectivity index (χ1n) is 11.9. The summed E-state index contributed by atoms with van der Waals surface area (Å²) in [6.07, 6.45) is -0.338. The van der Waals surface area contributed by atoms with E-state index in [9.17, 15) is 9.90 Å². The summed E-state index contributed by atoms with van der Waals surface area (Å²) >= 11 is 0. The number of ether oxygens (including phenoxy) is 5. The summed E-state index contributed by atoms with van der Waals surface area (Å²) in [6, 6.07) is 0. The molecule has 4 atom stereocenters. The summed E-state index contributed by atoms with van der Waals surface area (Å²) < 4.78 is 34.5. The third-order valence-electron chi connectivity index (χ3n) is 5.92. The number of hydrogen-bond acceptors (Lipinski definition) is 8. The molecule has 9 heteroatoms. The Hall–Kier alpha value is -0.553. The van der Waals surface area contributed by atoms with Crippen LogP contribution in [0, 0.1) is 5.41 Å². The fourth-order valence-electron chi connectivity index (χ4n) is 2.82. The van der Waals surface area contributed by atoms with Crippen molar-refractivity contribution >= 4 is 14.3 Å². The predicted molar refractivity (Wildman–Crippen MR) is 132 cm³/mol. The van der Waals surface area contributed by atoms with Gasteiger partial charge in [0, 0.05) is 14.2 Å². The number of methoxy groups -OCH3 is 2. The van der Waals surface area contributed by atoms with Crippen molar-refractivity contribution in [3.8, 4) is 0 Å². The van der Waals surface area contributed by atoms with E-state index >= 15 is 0 Å². The molecule has 198 valence electrons. The zero-order valence-corrected chi connectivity index (χ0v) is 23.9. The highest BCUT2D eigenvalue weighted by atomic mass is 28.4. The normalized spacial score (nSPS) is 16.8. The third-order valence-corrected chi connectivity index (χ3v) is 10.4. The Bertz CT molecular complexity index is 534. The van der Waals surface area contributed by atoms with Crippen molar-refractivity contribution in [2.45, 2.75) is 110 Å². The second kappa shape index (κ2) is 14.8. The van der Waals surface area contributed by atoms with Gasteiger partial charge in [0.1, 0.15) is 38.5 Å². The number of aliphatic hydroxyl groups excluding tert-OH is 1. The Morgan fingerprint density at radius 2 is 1.48 bits per heavy atom. The lowest BCUT2D eigenvalue weighted by atomic mass is 9.97. The van der Waals surface area contributed by atoms with Gasteiger partial charge in [-0.1, -0.05) is 40.5 Å². The Balaban J connectivity index is 6.07. The van der Waals surface area contributed by atoms with Crippen LogP contribution in [0.1, 0.15) is 67.7 Å². The third kappa shape index (κ3) is 11.6. The molecular formula is C24H50O8Si. The van der Waals surface area contributed by atoms with Crippen LogP contribution in [0.5, 0.6) is 0 Å². The van der Waals surface area contributed by atoms with Crippen molar-refractivity contribution in [1.82, 2.24) is 0 Å². The lowest BCUT2D eigenvalue weighted by molar-refractivity contribution is -0.199. The Labute approximate surface area is 202 Å². The standard InChI is InChI=1S/C24H50O8Si/c1-12-13-14-19(30-16-27-8)21(32-33(10,11)24(5,6)7)20(31-17-28-9)18(25)15-29-22(26)23(2,3)4/h18-21,25H,12-17H2,1-11H3/t18-,19-,20+,21+/m0/s1. The van der Waals surface area contributed by atoms with Crippen LogP contribution in [0.15, 0.2) is 0 Å². The van der Waals surface area contributed by atoms with Crippen LogP contribution in [0.25, 0.3) is 0 Å². The first kappa shape index (κ1) is 32.4. The van der Waals surface area contributed by atoms with Gasteiger partial charge in [-0.15, -0.1) is 0 Å². The summed E-state index contributed by atoms with van der Waals surface area (Å²) in [5.41, 5.74) is -0.676. The molecule has 0 aromatic heterocycles. The predicted octanol–water partition coefficient (Wildman–Crippen LogP) is 4.50. The molecule has 0 bridgehead atoms. The molecule has 0 aromatic rings. The number of rotatable bonds is 16. The summed E-state index contributed by atoms with van der Waals surface area (Å²) in [6.45, 7) is 18.0. The topological polar surface area (TPSA) is 92.7 Å². The van der Waals surface area contributed by atoms with Crippen LogP contribution < -0.4 is 0 Å². The van der Waals surface area contributed by atoms with Crippen molar-refractivity contribution in [2.75, 3.05) is 34.4 Å². The van der Waals surface area contributed by atoms with Gasteiger partial charge in [0.2, 0.25) is 0 Å². The van der Waals surface area contributed by atoms with Crippen LogP contribution in [0.3, 0.4) is 0 Å². The lowest BCUT2D eigenvalue weighted by Gasteiger charge is -2.44. The highest BCUT2D eigenvalue weighted by Gasteiger charge is 2.45. The van der Waals surface area contributed by atoms with Crippen LogP contribution in [-0.2, 0) is 32.9 Å². The Kier molecular flexibility index (Phi) is 14.5. The van der Waals surface area contributed by atoms with Crippen LogP contribution in [0.2, 0.25) is 18.1 Å². The molecule has 0 aromatic carbocycles. The lowest BCUT2D eigenvalue weighted by Crippen LogP contribution is -2.56. The molecule has 0 saturated carbocycles. The maximum atomic E-state index is 12.3. The number of aliphatic hydroxyl groups is 1. The van der Waals surface area contributed by atoms with Gasteiger partial charge in [-0.3, -0.25) is 4.79 Å². The average molecular weight is 495 g/mol. The fourth-order valence-corrected chi connectivity index (χ4v) is 4.14. The minimum Gasteiger partial charge on any atom is -0.462 e. The second-order valence-electron chi connectivity index (χ2n) is 11.1. The van der Waals surface area contributed by atoms with Crippen molar-refractivity contribution in [2.24, 2.45) is 5.41 Å². The fraction of sp³-hybridized carbons (Fsp3) is 0.958. The second-order valence-corrected chi connectivity index (χ2v) is 15.8. The van der Waals surface area contributed by atoms with Gasteiger partial charge in [0.25, 0.3) is 0 Å². The highest BCUT2D eigenvalue weighted by Crippen LogP contribution is 2.39. The Morgan fingerprint density at radius 1 is 0.939 bits per heavy atom. The van der Waals surface area contributed by atoms with E-state index in [0.717, 1.165) is 12.8 Å². The van der Waals surface area contributed by atoms with Gasteiger partial charge < -0.3 is 33.2 Å². The molecule has 0 unspecified atom stereocenters. The van der Waals surface area contributed by atoms with E-state index in [4.69, 9.17) is 28.1 Å². The summed E-state index contributed by atoms with van der Waals surface area (Å²) in [7, 11) is 0.794. The number of esters is 1. The van der Waals surface area contributed by atoms with Crippen LogP contribution in [-0.4, -0.2) is 78.2 Å². The van der Waals surface area contributed by atoms with E-state index in [1.165, 1.54) is 7.11 Å². The SMILES string of the molecule is CCCC[C@H](OCOC)[C@@H](O[Si](C)(C)C(C)(C)C)[C@H](OCOC)[C@@H](O)COC(=O)C(C)(C)C. The van der Waals surface area contributed by atoms with E-state index in [2.05, 4.69) is 40.8 Å². The minimum atomic E-state index is -2.29. The molecule has 0 heterocycles. The largest absolute Gasteiger partial charge is 0.462 e. The molecule has 0 rings (SSSR count). The van der Waals surface area contributed by atoms with Gasteiger partial charge in [-0.25, -0.2) is 0 Å². The number of carbonyl (C=O) groups is 1. The maximum Gasteiger partial charge on any atom is 0.311 e. The van der Waals surface area contributed by atoms with E-state index in [1.807, 2.05) is 0 Å². The van der Waals surface area contributed by atoms with Gasteiger partial charge in [-0.2, -0.15) is 0 Å². The smallest absolute Gasteiger partial charge is 0.311 e. The van der Waals surface area contributed by atoms with Gasteiger partial charge in [0.05, 0.1) is 11.5 Å². The van der Waals surface area contributed by atoms with Crippen molar-refractivity contribution < 1.29 is 38.0 Å². The number of unbranched alkanes of at least 4 members (excludes halogenated alkanes) is 1. The van der Waals surface area contributed by atoms with Crippen molar-refractivity contribution in [1.29, 1.82) is 0 Å². The average Bonchev–Trinajstić information content (AvgIpc) is 2.69. The van der Waals surface area contributed by atoms with Gasteiger partial charge >= 0.3 is 5.97 Å². The summed E-state index contributed by atoms with van der Waals surface area (Å²) in [4.78, 5) is 12.3. The summed E-state index contributed by atoms with van der Waals surface area (Å²) in [5.74, 6) is -0.396. The monoisotopic (exact) mass is 494 g/mol. The van der Waals surface area contributed by atoms with E-state index in [0.29, 0.717) is 6.42 Å². The molecule has 0 aliphatic rings. The van der Waals surface area contributed by atoms with Crippen molar-refractivity contribution in [3.63, 3.8) is 0 Å². The molecule has 1 N–H and O–H groups in total. The highest BCUT2D eigenvalue weighted by molar-refractivity contribution is 6.74. The number of carbonyl (C=O) groups excluding carboxylic acids is 1. The molecule has 33 heavy (non-hydrogen) atoms. The molecule has 0 spiro atoms. The maximum absolute atomic E-state index is 12.3. The quantitative estimate of drug-likeness (QED) is 0.191. The van der Waals surface area contributed by atoms with E-state index in [-0.39, 0.29) is 31.3 Å². The summed E-state index contributed by atoms with van der Waals surface area (Å²) in [5, 5.41) is 11.0. The molecule has 0 aliphatic heterocycles. The molecule has 0 radical (unpaired) electrons. The molecule has 0 aliphatic carbocycles. The van der Waals surface area contributed by atoms with Crippen LogP contribution in [0.4, 0.5) is 0 Å². The zero-order valence-electron chi connectivity index (χ0n) is 22.9. The molecule has 0 saturated heterocycles. The minimum absolute atomic E-state index is 0.0446. The first-order valence-corrected chi connectivity index (χ1v) is 14.8. The van der Waals surface area contributed by atoms with Gasteiger partial charge in [0.15, 0.2) is 8.32 Å². The Morgan fingerprint density at radius 3 is 1.94 bits per heavy atom. The molecule has 0 fully saturated rings. The zero-order chi connectivity index (χ0) is 25.9. The van der Waals surface area contributed by atoms with E-state index in [1.54, 1.807) is 27.9 Å². The van der Waals surface area contributed by atoms with Gasteiger partial charge in [-0.05, 0) is 45.3 Å². The molecular weight excluding hydrogens is 444 g/mol. The molecule has 8 nitrogen and oxygen atoms in total. The van der Waals surface area contributed by atoms with Crippen molar-refractivity contribution in [3.05, 3.63) is 0 Å². The molecule has 0 amide bonds.